The molecule has 4 atom stereocenters. The molecule has 1 heterocycles. The molecular weight excluding hydrogens is 157 g/mol. The number of nitrogens with one attached hydrogen (secondary N) is 1. The number of hydrogen-bond acceptors (Lipinski definition) is 1. The highest BCUT2D eigenvalue weighted by Gasteiger charge is 2.44. The Labute approximate surface area is 71.8 Å². The molecule has 1 unspecified atom stereocenters. The van der Waals surface area contributed by atoms with Crippen LogP contribution < -0.4 is 5.32 Å². The monoisotopic (exact) mass is 171 g/mol. The van der Waals surface area contributed by atoms with Crippen molar-refractivity contribution in [3.63, 3.8) is 0 Å². The van der Waals surface area contributed by atoms with Crippen molar-refractivity contribution in [3.05, 3.63) is 12.7 Å². The van der Waals surface area contributed by atoms with E-state index in [1.165, 1.54) is 6.92 Å². The van der Waals surface area contributed by atoms with Gasteiger partial charge in [-0.3, -0.25) is 4.79 Å². The van der Waals surface area contributed by atoms with Crippen molar-refractivity contribution in [1.82, 2.24) is 5.32 Å². The van der Waals surface area contributed by atoms with Gasteiger partial charge in [-0.05, 0) is 12.8 Å². The van der Waals surface area contributed by atoms with Crippen LogP contribution in [-0.2, 0) is 4.79 Å². The van der Waals surface area contributed by atoms with Gasteiger partial charge in [0.2, 0.25) is 5.91 Å². The molecule has 0 radical (unpaired) electrons. The molecule has 0 aromatic rings. The van der Waals surface area contributed by atoms with Crippen LogP contribution >= 0.6 is 0 Å². The highest BCUT2D eigenvalue weighted by molar-refractivity contribution is 5.86. The maximum Gasteiger partial charge on any atom is 0.228 e. The van der Waals surface area contributed by atoms with E-state index in [0.29, 0.717) is 0 Å². The average Bonchev–Trinajstić information content (AvgIpc) is 1.97. The van der Waals surface area contributed by atoms with Crippen molar-refractivity contribution < 1.29 is 9.18 Å². The lowest BCUT2D eigenvalue weighted by molar-refractivity contribution is -0.139. The summed E-state index contributed by atoms with van der Waals surface area (Å²) in [7, 11) is 0. The summed E-state index contributed by atoms with van der Waals surface area (Å²) in [6.07, 6.45) is 0.672. The number of β-lactam (4-membered cyclic amide) rings is 1. The normalized spacial score (nSPS) is 33.1. The van der Waals surface area contributed by atoms with Gasteiger partial charge in [0.15, 0.2) is 0 Å². The number of rotatable bonds is 3. The summed E-state index contributed by atoms with van der Waals surface area (Å²) in [6, 6.07) is -0.0602. The van der Waals surface area contributed by atoms with Crippen LogP contribution in [-0.4, -0.2) is 18.1 Å². The Hall–Kier alpha value is -0.860. The van der Waals surface area contributed by atoms with Crippen molar-refractivity contribution in [3.8, 4) is 0 Å². The summed E-state index contributed by atoms with van der Waals surface area (Å²) >= 11 is 0. The number of hydrogen-bond donors (Lipinski definition) is 1. The second-order valence-corrected chi connectivity index (χ2v) is 3.33. The smallest absolute Gasteiger partial charge is 0.228 e. The number of carbonyl (C=O) groups is 1. The lowest BCUT2D eigenvalue weighted by Crippen LogP contribution is -2.63. The van der Waals surface area contributed by atoms with Crippen LogP contribution in [0.4, 0.5) is 4.39 Å². The summed E-state index contributed by atoms with van der Waals surface area (Å²) in [5.41, 5.74) is 0. The van der Waals surface area contributed by atoms with Crippen LogP contribution in [0, 0.1) is 11.8 Å². The van der Waals surface area contributed by atoms with Crippen LogP contribution in [0.2, 0.25) is 0 Å². The zero-order valence-electron chi connectivity index (χ0n) is 7.38. The van der Waals surface area contributed by atoms with Gasteiger partial charge in [0, 0.05) is 6.04 Å². The molecule has 0 spiro atoms. The van der Waals surface area contributed by atoms with Crippen LogP contribution in [0.25, 0.3) is 0 Å². The van der Waals surface area contributed by atoms with Gasteiger partial charge in [0.1, 0.15) is 6.17 Å². The SMILES string of the molecule is C=C[C@@H](C)[C@H]1NC(=O)[C@@H]1C(C)F. The van der Waals surface area contributed by atoms with Gasteiger partial charge in [-0.1, -0.05) is 13.0 Å². The Morgan fingerprint density at radius 1 is 1.67 bits per heavy atom. The number of alkyl halides is 1. The Bertz CT molecular complexity index is 203. The van der Waals surface area contributed by atoms with E-state index in [1.54, 1.807) is 6.08 Å². The molecule has 0 bridgehead atoms. The van der Waals surface area contributed by atoms with Crippen LogP contribution in [0.5, 0.6) is 0 Å². The van der Waals surface area contributed by atoms with Crippen molar-refractivity contribution in [2.24, 2.45) is 11.8 Å². The van der Waals surface area contributed by atoms with E-state index >= 15 is 0 Å². The summed E-state index contributed by atoms with van der Waals surface area (Å²) in [6.45, 7) is 6.95. The van der Waals surface area contributed by atoms with E-state index in [-0.39, 0.29) is 17.9 Å². The van der Waals surface area contributed by atoms with Gasteiger partial charge in [0.05, 0.1) is 5.92 Å². The number of amides is 1. The Balaban J connectivity index is 2.59. The first-order valence-electron chi connectivity index (χ1n) is 4.15. The second-order valence-electron chi connectivity index (χ2n) is 3.33. The van der Waals surface area contributed by atoms with E-state index in [4.69, 9.17) is 0 Å². The summed E-state index contributed by atoms with van der Waals surface area (Å²) in [5, 5.41) is 2.67. The van der Waals surface area contributed by atoms with E-state index in [1.807, 2.05) is 6.92 Å². The second kappa shape index (κ2) is 3.25. The minimum atomic E-state index is -1.06. The van der Waals surface area contributed by atoms with Crippen LogP contribution in [0.3, 0.4) is 0 Å². The van der Waals surface area contributed by atoms with Crippen molar-refractivity contribution in [1.29, 1.82) is 0 Å². The third-order valence-electron chi connectivity index (χ3n) is 2.43. The topological polar surface area (TPSA) is 29.1 Å². The van der Waals surface area contributed by atoms with Crippen LogP contribution in [0.1, 0.15) is 13.8 Å². The molecule has 68 valence electrons. The zero-order valence-corrected chi connectivity index (χ0v) is 7.38. The maximum atomic E-state index is 12.8. The number of carbonyl (C=O) groups excluding carboxylic acids is 1. The minimum absolute atomic E-state index is 0.0602. The van der Waals surface area contributed by atoms with E-state index in [9.17, 15) is 9.18 Å². The van der Waals surface area contributed by atoms with Crippen molar-refractivity contribution >= 4 is 5.91 Å². The summed E-state index contributed by atoms with van der Waals surface area (Å²) in [5.74, 6) is -0.507. The highest BCUT2D eigenvalue weighted by Crippen LogP contribution is 2.27. The third-order valence-corrected chi connectivity index (χ3v) is 2.43. The largest absolute Gasteiger partial charge is 0.351 e. The quantitative estimate of drug-likeness (QED) is 0.503. The van der Waals surface area contributed by atoms with Crippen molar-refractivity contribution in [2.75, 3.05) is 0 Å². The van der Waals surface area contributed by atoms with Gasteiger partial charge in [0.25, 0.3) is 0 Å². The molecule has 12 heavy (non-hydrogen) atoms. The molecule has 3 heteroatoms. The fraction of sp³-hybridized carbons (Fsp3) is 0.667. The number of halogens is 1. The molecule has 1 N–H and O–H groups in total. The Kier molecular flexibility index (Phi) is 2.50. The standard InChI is InChI=1S/C9H14FNO/c1-4-5(2)8-7(6(3)10)9(12)11-8/h4-8H,1H2,2-3H3,(H,11,12)/t5-,6?,7-,8-/m1/s1. The lowest BCUT2D eigenvalue weighted by atomic mass is 9.79. The Morgan fingerprint density at radius 2 is 2.25 bits per heavy atom. The molecular formula is C9H14FNO. The molecule has 1 aliphatic rings. The first kappa shape index (κ1) is 9.23. The van der Waals surface area contributed by atoms with Gasteiger partial charge < -0.3 is 5.32 Å². The first-order valence-corrected chi connectivity index (χ1v) is 4.15. The highest BCUT2D eigenvalue weighted by atomic mass is 19.1. The molecule has 1 saturated heterocycles. The van der Waals surface area contributed by atoms with E-state index in [2.05, 4.69) is 11.9 Å². The molecule has 1 fully saturated rings. The van der Waals surface area contributed by atoms with E-state index < -0.39 is 12.1 Å². The molecule has 0 aromatic heterocycles. The fourth-order valence-corrected chi connectivity index (χ4v) is 1.52. The molecule has 1 rings (SSSR count). The fourth-order valence-electron chi connectivity index (χ4n) is 1.52. The molecule has 0 aliphatic carbocycles. The van der Waals surface area contributed by atoms with Gasteiger partial charge in [-0.2, -0.15) is 0 Å². The summed E-state index contributed by atoms with van der Waals surface area (Å²) < 4.78 is 12.8. The van der Waals surface area contributed by atoms with Gasteiger partial charge in [-0.15, -0.1) is 6.58 Å². The van der Waals surface area contributed by atoms with Crippen molar-refractivity contribution in [2.45, 2.75) is 26.1 Å². The molecule has 1 aliphatic heterocycles. The zero-order chi connectivity index (χ0) is 9.30. The summed E-state index contributed by atoms with van der Waals surface area (Å²) in [4.78, 5) is 10.9. The molecule has 0 saturated carbocycles. The molecule has 0 aromatic carbocycles. The molecule has 2 nitrogen and oxygen atoms in total. The van der Waals surface area contributed by atoms with Gasteiger partial charge >= 0.3 is 0 Å². The molecule has 1 amide bonds. The van der Waals surface area contributed by atoms with Crippen LogP contribution in [0.15, 0.2) is 12.7 Å². The maximum absolute atomic E-state index is 12.8. The average molecular weight is 171 g/mol. The van der Waals surface area contributed by atoms with Gasteiger partial charge in [-0.25, -0.2) is 4.39 Å². The third kappa shape index (κ3) is 1.36. The Morgan fingerprint density at radius 3 is 2.58 bits per heavy atom. The lowest BCUT2D eigenvalue weighted by Gasteiger charge is -2.40. The first-order chi connectivity index (χ1) is 5.57. The minimum Gasteiger partial charge on any atom is -0.351 e. The predicted octanol–water partition coefficient (Wildman–Crippen LogP) is 1.28. The predicted molar refractivity (Wildman–Crippen MR) is 45.4 cm³/mol. The van der Waals surface area contributed by atoms with E-state index in [0.717, 1.165) is 0 Å².